The number of aliphatic carboxylic acids is 1. The van der Waals surface area contributed by atoms with Crippen LogP contribution < -0.4 is 4.74 Å². The minimum atomic E-state index is -1.96. The van der Waals surface area contributed by atoms with E-state index in [2.05, 4.69) is 6.07 Å². The molecule has 0 radical (unpaired) electrons. The van der Waals surface area contributed by atoms with E-state index in [1.54, 1.807) is 20.1 Å². The molecule has 0 aliphatic carbocycles. The van der Waals surface area contributed by atoms with E-state index in [0.717, 1.165) is 16.3 Å². The molecule has 0 amide bonds. The molecule has 4 aromatic rings. The molecule has 0 aliphatic heterocycles. The van der Waals surface area contributed by atoms with Crippen molar-refractivity contribution in [3.05, 3.63) is 114 Å². The normalized spacial score (nSPS) is 14.4. The van der Waals surface area contributed by atoms with E-state index in [1.165, 1.54) is 0 Å². The molecule has 35 heavy (non-hydrogen) atoms. The molecule has 5 heteroatoms. The molecule has 2 atom stereocenters. The van der Waals surface area contributed by atoms with E-state index >= 15 is 0 Å². The number of fused-ring (bicyclic) bond motifs is 1. The van der Waals surface area contributed by atoms with Crippen molar-refractivity contribution in [1.29, 1.82) is 5.26 Å². The molecule has 4 aromatic carbocycles. The molecule has 0 aromatic heterocycles. The lowest BCUT2D eigenvalue weighted by Gasteiger charge is -2.43. The van der Waals surface area contributed by atoms with Crippen molar-refractivity contribution < 1.29 is 19.4 Å². The Labute approximate surface area is 205 Å². The number of ether oxygens (including phenoxy) is 2. The first-order chi connectivity index (χ1) is 17.0. The number of carbonyl (C=O) groups is 1. The maximum atomic E-state index is 13.1. The van der Waals surface area contributed by atoms with Crippen molar-refractivity contribution in [2.45, 2.75) is 18.9 Å². The van der Waals surface area contributed by atoms with E-state index in [9.17, 15) is 15.2 Å². The molecule has 4 rings (SSSR count). The summed E-state index contributed by atoms with van der Waals surface area (Å²) < 4.78 is 11.6. The lowest BCUT2D eigenvalue weighted by atomic mass is 9.57. The quantitative estimate of drug-likeness (QED) is 0.330. The highest BCUT2D eigenvalue weighted by molar-refractivity contribution is 5.91. The maximum absolute atomic E-state index is 13.1. The van der Waals surface area contributed by atoms with Gasteiger partial charge in [-0.05, 0) is 34.9 Å². The summed E-state index contributed by atoms with van der Waals surface area (Å²) in [6.07, 6.45) is 0. The molecule has 0 aliphatic rings. The number of carboxylic acids is 1. The molecule has 0 saturated carbocycles. The Hall–Kier alpha value is -4.14. The van der Waals surface area contributed by atoms with Crippen LogP contribution in [0.2, 0.25) is 0 Å². The average Bonchev–Trinajstić information content (AvgIpc) is 2.91. The number of methoxy groups -OCH3 is 1. The number of nitrogens with zero attached hydrogens (tertiary/aromatic N) is 1. The third kappa shape index (κ3) is 4.14. The summed E-state index contributed by atoms with van der Waals surface area (Å²) in [6.45, 7) is 1.68. The predicted octanol–water partition coefficient (Wildman–Crippen LogP) is 5.97. The fraction of sp³-hybridized carbons (Fsp3) is 0.200. The first kappa shape index (κ1) is 24.0. The van der Waals surface area contributed by atoms with Crippen molar-refractivity contribution in [2.75, 3.05) is 13.7 Å². The summed E-state index contributed by atoms with van der Waals surface area (Å²) in [5.74, 6) is -0.749. The van der Waals surface area contributed by atoms with Gasteiger partial charge in [-0.2, -0.15) is 5.26 Å². The fourth-order valence-electron chi connectivity index (χ4n) is 4.83. The van der Waals surface area contributed by atoms with Crippen molar-refractivity contribution in [3.8, 4) is 11.8 Å². The molecule has 0 bridgehead atoms. The Morgan fingerprint density at radius 3 is 2.23 bits per heavy atom. The molecule has 1 N–H and O–H groups in total. The average molecular weight is 466 g/mol. The molecule has 5 nitrogen and oxygen atoms in total. The van der Waals surface area contributed by atoms with Gasteiger partial charge in [0.2, 0.25) is 0 Å². The predicted molar refractivity (Wildman–Crippen MR) is 135 cm³/mol. The van der Waals surface area contributed by atoms with E-state index in [1.807, 2.05) is 91.0 Å². The van der Waals surface area contributed by atoms with Crippen LogP contribution in [0.5, 0.6) is 5.75 Å². The summed E-state index contributed by atoms with van der Waals surface area (Å²) in [4.78, 5) is 13.1. The maximum Gasteiger partial charge on any atom is 0.327 e. The monoisotopic (exact) mass is 465 g/mol. The van der Waals surface area contributed by atoms with Gasteiger partial charge < -0.3 is 14.6 Å². The van der Waals surface area contributed by atoms with Gasteiger partial charge in [0.15, 0.2) is 5.41 Å². The van der Waals surface area contributed by atoms with E-state index < -0.39 is 16.8 Å². The molecule has 0 fully saturated rings. The van der Waals surface area contributed by atoms with Gasteiger partial charge in [-0.3, -0.25) is 4.79 Å². The first-order valence-corrected chi connectivity index (χ1v) is 11.4. The van der Waals surface area contributed by atoms with Crippen LogP contribution in [-0.4, -0.2) is 24.8 Å². The number of para-hydroxylation sites is 1. The minimum Gasteiger partial charge on any atom is -0.496 e. The van der Waals surface area contributed by atoms with Crippen LogP contribution in [-0.2, 0) is 21.6 Å². The number of rotatable bonds is 9. The lowest BCUT2D eigenvalue weighted by molar-refractivity contribution is -0.152. The number of hydrogen-bond donors (Lipinski definition) is 1. The number of benzene rings is 4. The second-order valence-electron chi connectivity index (χ2n) is 8.65. The lowest BCUT2D eigenvalue weighted by Crippen LogP contribution is -2.52. The van der Waals surface area contributed by atoms with Crippen molar-refractivity contribution in [2.24, 2.45) is 5.41 Å². The van der Waals surface area contributed by atoms with Gasteiger partial charge in [0, 0.05) is 5.56 Å². The highest BCUT2D eigenvalue weighted by Gasteiger charge is 2.58. The van der Waals surface area contributed by atoms with Crippen LogP contribution in [0, 0.1) is 16.7 Å². The number of nitriles is 1. The van der Waals surface area contributed by atoms with Crippen LogP contribution >= 0.6 is 0 Å². The van der Waals surface area contributed by atoms with Gasteiger partial charge in [-0.15, -0.1) is 0 Å². The van der Waals surface area contributed by atoms with Gasteiger partial charge in [-0.1, -0.05) is 91.0 Å². The van der Waals surface area contributed by atoms with Crippen molar-refractivity contribution in [3.63, 3.8) is 0 Å². The Bertz CT molecular complexity index is 1370. The molecule has 0 spiro atoms. The smallest absolute Gasteiger partial charge is 0.327 e. The largest absolute Gasteiger partial charge is 0.496 e. The van der Waals surface area contributed by atoms with Crippen LogP contribution in [0.15, 0.2) is 97.1 Å². The zero-order valence-electron chi connectivity index (χ0n) is 19.8. The summed E-state index contributed by atoms with van der Waals surface area (Å²) in [7, 11) is 1.54. The number of carboxylic acid groups (broad SMARTS) is 1. The van der Waals surface area contributed by atoms with Gasteiger partial charge in [0.1, 0.15) is 5.75 Å². The van der Waals surface area contributed by atoms with Crippen molar-refractivity contribution >= 4 is 16.7 Å². The van der Waals surface area contributed by atoms with Gasteiger partial charge in [0.25, 0.3) is 0 Å². The summed E-state index contributed by atoms with van der Waals surface area (Å²) in [5.41, 5.74) is -1.06. The SMILES string of the molecule is COc1ccccc1[C@](C)(c1cccc2ccccc12)[C@](C#N)(COCc1ccccc1)C(=O)O. The highest BCUT2D eigenvalue weighted by Crippen LogP contribution is 2.52. The standard InChI is InChI=1S/C30H27NO4/c1-29(26-16-8-9-18-27(26)34-2,25-17-10-14-23-13-6-7-15-24(23)25)30(20-31,28(32)33)21-35-19-22-11-4-3-5-12-22/h3-18H,19,21H2,1-2H3,(H,32,33)/t29-,30+/m0/s1. The summed E-state index contributed by atoms with van der Waals surface area (Å²) >= 11 is 0. The molecular weight excluding hydrogens is 438 g/mol. The summed E-state index contributed by atoms with van der Waals surface area (Å²) in [5, 5.41) is 23.1. The van der Waals surface area contributed by atoms with Crippen molar-refractivity contribution in [1.82, 2.24) is 0 Å². The number of hydrogen-bond acceptors (Lipinski definition) is 4. The van der Waals surface area contributed by atoms with E-state index in [-0.39, 0.29) is 13.2 Å². The zero-order valence-corrected chi connectivity index (χ0v) is 19.8. The Balaban J connectivity index is 1.96. The Morgan fingerprint density at radius 1 is 0.886 bits per heavy atom. The highest BCUT2D eigenvalue weighted by atomic mass is 16.5. The van der Waals surface area contributed by atoms with Gasteiger partial charge >= 0.3 is 5.97 Å². The van der Waals surface area contributed by atoms with Crippen LogP contribution in [0.25, 0.3) is 10.8 Å². The molecular formula is C30H27NO4. The second-order valence-corrected chi connectivity index (χ2v) is 8.65. The molecule has 0 unspecified atom stereocenters. The third-order valence-electron chi connectivity index (χ3n) is 6.81. The second kappa shape index (κ2) is 10.0. The molecule has 0 saturated heterocycles. The van der Waals surface area contributed by atoms with Gasteiger partial charge in [-0.25, -0.2) is 0 Å². The van der Waals surface area contributed by atoms with E-state index in [4.69, 9.17) is 9.47 Å². The van der Waals surface area contributed by atoms with Crippen LogP contribution in [0.1, 0.15) is 23.6 Å². The zero-order chi connectivity index (χ0) is 24.9. The molecule has 176 valence electrons. The molecule has 0 heterocycles. The third-order valence-corrected chi connectivity index (χ3v) is 6.81. The van der Waals surface area contributed by atoms with Gasteiger partial charge in [0.05, 0.1) is 31.8 Å². The fourth-order valence-corrected chi connectivity index (χ4v) is 4.83. The topological polar surface area (TPSA) is 79.5 Å². The van der Waals surface area contributed by atoms with Crippen LogP contribution in [0.3, 0.4) is 0 Å². The first-order valence-electron chi connectivity index (χ1n) is 11.4. The Morgan fingerprint density at radius 2 is 1.51 bits per heavy atom. The summed E-state index contributed by atoms with van der Waals surface area (Å²) in [6, 6.07) is 32.5. The minimum absolute atomic E-state index is 0.190. The Kier molecular flexibility index (Phi) is 6.86. The van der Waals surface area contributed by atoms with E-state index in [0.29, 0.717) is 16.9 Å². The van der Waals surface area contributed by atoms with Crippen LogP contribution in [0.4, 0.5) is 0 Å².